The molecule has 0 saturated heterocycles. The molecular formula is C12H12BrNO. The molecule has 0 aliphatic heterocycles. The summed E-state index contributed by atoms with van der Waals surface area (Å²) in [7, 11) is 0. The maximum Gasteiger partial charge on any atom is 0.134 e. The lowest BCUT2D eigenvalue weighted by molar-refractivity contribution is 0.601. The second-order valence-electron chi connectivity index (χ2n) is 4.06. The molecule has 3 heteroatoms. The molecule has 1 aromatic heterocycles. The van der Waals surface area contributed by atoms with Gasteiger partial charge in [-0.15, -0.1) is 0 Å². The van der Waals surface area contributed by atoms with Gasteiger partial charge in [-0.2, -0.15) is 0 Å². The normalized spacial score (nSPS) is 16.1. The lowest BCUT2D eigenvalue weighted by atomic mass is 10.2. The maximum absolute atomic E-state index is 5.50. The highest BCUT2D eigenvalue weighted by atomic mass is 79.9. The molecular weight excluding hydrogens is 254 g/mol. The standard InChI is InChI=1S/C12H12BrNO/c13-9-1-4-12-11(5-9)8(7-15-12)6-14-10-2-3-10/h1,4-5,7,10,14H,2-3,6H2. The van der Waals surface area contributed by atoms with Gasteiger partial charge in [0.05, 0.1) is 6.26 Å². The van der Waals surface area contributed by atoms with Crippen LogP contribution in [0.5, 0.6) is 0 Å². The van der Waals surface area contributed by atoms with E-state index >= 15 is 0 Å². The second-order valence-corrected chi connectivity index (χ2v) is 4.97. The number of fused-ring (bicyclic) bond motifs is 1. The van der Waals surface area contributed by atoms with E-state index in [1.54, 1.807) is 0 Å². The molecule has 1 saturated carbocycles. The topological polar surface area (TPSA) is 25.2 Å². The minimum atomic E-state index is 0.738. The molecule has 1 aliphatic carbocycles. The van der Waals surface area contributed by atoms with E-state index in [-0.39, 0.29) is 0 Å². The Balaban J connectivity index is 1.91. The summed E-state index contributed by atoms with van der Waals surface area (Å²) in [5.41, 5.74) is 2.21. The first kappa shape index (κ1) is 9.43. The molecule has 1 heterocycles. The predicted octanol–water partition coefficient (Wildman–Crippen LogP) is 3.45. The van der Waals surface area contributed by atoms with Crippen molar-refractivity contribution in [2.75, 3.05) is 0 Å². The van der Waals surface area contributed by atoms with Crippen molar-refractivity contribution in [1.82, 2.24) is 5.32 Å². The van der Waals surface area contributed by atoms with Gasteiger partial charge in [0.1, 0.15) is 5.58 Å². The average molecular weight is 266 g/mol. The van der Waals surface area contributed by atoms with E-state index in [2.05, 4.69) is 27.3 Å². The third-order valence-corrected chi connectivity index (χ3v) is 3.27. The van der Waals surface area contributed by atoms with Crippen molar-refractivity contribution in [2.24, 2.45) is 0 Å². The summed E-state index contributed by atoms with van der Waals surface area (Å²) in [6, 6.07) is 6.86. The van der Waals surface area contributed by atoms with Crippen LogP contribution < -0.4 is 5.32 Å². The summed E-state index contributed by atoms with van der Waals surface area (Å²) in [6.45, 7) is 0.911. The summed E-state index contributed by atoms with van der Waals surface area (Å²) in [4.78, 5) is 0. The van der Waals surface area contributed by atoms with Crippen LogP contribution in [0.3, 0.4) is 0 Å². The van der Waals surface area contributed by atoms with Gasteiger partial charge < -0.3 is 9.73 Å². The van der Waals surface area contributed by atoms with Crippen molar-refractivity contribution < 1.29 is 4.42 Å². The Morgan fingerprint density at radius 1 is 1.40 bits per heavy atom. The number of halogens is 1. The smallest absolute Gasteiger partial charge is 0.134 e. The van der Waals surface area contributed by atoms with Crippen molar-refractivity contribution in [3.8, 4) is 0 Å². The molecule has 2 aromatic rings. The Morgan fingerprint density at radius 3 is 3.07 bits per heavy atom. The van der Waals surface area contributed by atoms with E-state index < -0.39 is 0 Å². The predicted molar refractivity (Wildman–Crippen MR) is 63.8 cm³/mol. The fourth-order valence-corrected chi connectivity index (χ4v) is 2.09. The van der Waals surface area contributed by atoms with Gasteiger partial charge in [0.2, 0.25) is 0 Å². The van der Waals surface area contributed by atoms with Crippen LogP contribution in [0, 0.1) is 0 Å². The largest absolute Gasteiger partial charge is 0.464 e. The van der Waals surface area contributed by atoms with Crippen LogP contribution in [-0.4, -0.2) is 6.04 Å². The Labute approximate surface area is 96.8 Å². The monoisotopic (exact) mass is 265 g/mol. The van der Waals surface area contributed by atoms with Gasteiger partial charge in [-0.25, -0.2) is 0 Å². The molecule has 2 nitrogen and oxygen atoms in total. The minimum absolute atomic E-state index is 0.738. The van der Waals surface area contributed by atoms with Crippen LogP contribution in [0.25, 0.3) is 11.0 Å². The third kappa shape index (κ3) is 1.94. The molecule has 78 valence electrons. The summed E-state index contributed by atoms with van der Waals surface area (Å²) >= 11 is 3.48. The highest BCUT2D eigenvalue weighted by molar-refractivity contribution is 9.10. The summed E-state index contributed by atoms with van der Waals surface area (Å²) in [5.74, 6) is 0. The van der Waals surface area contributed by atoms with Crippen LogP contribution in [0.1, 0.15) is 18.4 Å². The Morgan fingerprint density at radius 2 is 2.27 bits per heavy atom. The van der Waals surface area contributed by atoms with E-state index in [0.717, 1.165) is 22.6 Å². The van der Waals surface area contributed by atoms with Gasteiger partial charge in [0, 0.05) is 28.0 Å². The quantitative estimate of drug-likeness (QED) is 0.920. The molecule has 0 unspecified atom stereocenters. The molecule has 1 aromatic carbocycles. The lowest BCUT2D eigenvalue weighted by Crippen LogP contribution is -2.14. The molecule has 0 radical (unpaired) electrons. The zero-order chi connectivity index (χ0) is 10.3. The second kappa shape index (κ2) is 3.65. The minimum Gasteiger partial charge on any atom is -0.464 e. The number of rotatable bonds is 3. The van der Waals surface area contributed by atoms with Gasteiger partial charge in [0.15, 0.2) is 0 Å². The van der Waals surface area contributed by atoms with Gasteiger partial charge in [-0.05, 0) is 31.0 Å². The van der Waals surface area contributed by atoms with Crippen LogP contribution in [-0.2, 0) is 6.54 Å². The van der Waals surface area contributed by atoms with Gasteiger partial charge in [-0.3, -0.25) is 0 Å². The number of hydrogen-bond donors (Lipinski definition) is 1. The zero-order valence-corrected chi connectivity index (χ0v) is 9.88. The van der Waals surface area contributed by atoms with Crippen molar-refractivity contribution in [2.45, 2.75) is 25.4 Å². The molecule has 0 amide bonds. The number of furan rings is 1. The van der Waals surface area contributed by atoms with Crippen LogP contribution >= 0.6 is 15.9 Å². The summed E-state index contributed by atoms with van der Waals surface area (Å²) < 4.78 is 6.60. The van der Waals surface area contributed by atoms with E-state index in [0.29, 0.717) is 0 Å². The van der Waals surface area contributed by atoms with Crippen LogP contribution in [0.4, 0.5) is 0 Å². The first-order valence-corrected chi connectivity index (χ1v) is 6.01. The fourth-order valence-electron chi connectivity index (χ4n) is 1.73. The Hall–Kier alpha value is -0.800. The van der Waals surface area contributed by atoms with Crippen LogP contribution in [0.15, 0.2) is 33.4 Å². The van der Waals surface area contributed by atoms with Crippen molar-refractivity contribution in [3.05, 3.63) is 34.5 Å². The number of nitrogens with one attached hydrogen (secondary N) is 1. The molecule has 0 atom stereocenters. The van der Waals surface area contributed by atoms with Crippen molar-refractivity contribution in [3.63, 3.8) is 0 Å². The molecule has 3 rings (SSSR count). The average Bonchev–Trinajstić information content (AvgIpc) is 2.97. The van der Waals surface area contributed by atoms with Crippen molar-refractivity contribution >= 4 is 26.9 Å². The molecule has 0 bridgehead atoms. The zero-order valence-electron chi connectivity index (χ0n) is 8.29. The highest BCUT2D eigenvalue weighted by Crippen LogP contribution is 2.26. The van der Waals surface area contributed by atoms with E-state index in [9.17, 15) is 0 Å². The van der Waals surface area contributed by atoms with Gasteiger partial charge in [0.25, 0.3) is 0 Å². The van der Waals surface area contributed by atoms with E-state index in [1.165, 1.54) is 23.8 Å². The first-order valence-electron chi connectivity index (χ1n) is 5.22. The SMILES string of the molecule is Brc1ccc2occ(CNC3CC3)c2c1. The van der Waals surface area contributed by atoms with Gasteiger partial charge in [-0.1, -0.05) is 15.9 Å². The number of benzene rings is 1. The molecule has 1 fully saturated rings. The third-order valence-electron chi connectivity index (χ3n) is 2.77. The maximum atomic E-state index is 5.50. The lowest BCUT2D eigenvalue weighted by Gasteiger charge is -1.99. The fraction of sp³-hybridized carbons (Fsp3) is 0.333. The van der Waals surface area contributed by atoms with E-state index in [4.69, 9.17) is 4.42 Å². The Kier molecular flexibility index (Phi) is 2.29. The first-order chi connectivity index (χ1) is 7.33. The molecule has 15 heavy (non-hydrogen) atoms. The molecule has 1 N–H and O–H groups in total. The molecule has 0 spiro atoms. The molecule has 1 aliphatic rings. The Bertz CT molecular complexity index is 487. The summed E-state index contributed by atoms with van der Waals surface area (Å²) in [5, 5.41) is 4.70. The van der Waals surface area contributed by atoms with Gasteiger partial charge >= 0.3 is 0 Å². The van der Waals surface area contributed by atoms with E-state index in [1.807, 2.05) is 18.4 Å². The summed E-state index contributed by atoms with van der Waals surface area (Å²) in [6.07, 6.45) is 4.49. The van der Waals surface area contributed by atoms with Crippen molar-refractivity contribution in [1.29, 1.82) is 0 Å². The van der Waals surface area contributed by atoms with Crippen LogP contribution in [0.2, 0.25) is 0 Å². The highest BCUT2D eigenvalue weighted by Gasteiger charge is 2.20. The number of hydrogen-bond acceptors (Lipinski definition) is 2.